The van der Waals surface area contributed by atoms with Crippen LogP contribution in [0.5, 0.6) is 23.0 Å². The van der Waals surface area contributed by atoms with E-state index in [-0.39, 0.29) is 18.4 Å². The minimum atomic E-state index is -0.576. The van der Waals surface area contributed by atoms with E-state index in [4.69, 9.17) is 14.2 Å². The number of hydrogen-bond donors (Lipinski definition) is 2. The molecule has 5 rings (SSSR count). The molecule has 0 radical (unpaired) electrons. The Morgan fingerprint density at radius 2 is 1.94 bits per heavy atom. The first-order chi connectivity index (χ1) is 15.2. The molecule has 7 nitrogen and oxygen atoms in total. The lowest BCUT2D eigenvalue weighted by molar-refractivity contribution is 0.0664. The maximum atomic E-state index is 13.5. The summed E-state index contributed by atoms with van der Waals surface area (Å²) in [5.41, 5.74) is 2.76. The molecule has 3 aromatic carbocycles. The van der Waals surface area contributed by atoms with Crippen molar-refractivity contribution in [3.05, 3.63) is 77.4 Å². The van der Waals surface area contributed by atoms with Crippen LogP contribution in [0.15, 0.2) is 60.7 Å². The van der Waals surface area contributed by atoms with Crippen LogP contribution in [-0.4, -0.2) is 29.3 Å². The Labute approximate surface area is 179 Å². The van der Waals surface area contributed by atoms with Crippen molar-refractivity contribution in [2.45, 2.75) is 19.6 Å². The van der Waals surface area contributed by atoms with Crippen molar-refractivity contribution in [1.29, 1.82) is 0 Å². The van der Waals surface area contributed by atoms with Crippen LogP contribution in [-0.2, 0) is 6.54 Å². The van der Waals surface area contributed by atoms with Crippen LogP contribution in [0, 0.1) is 0 Å². The summed E-state index contributed by atoms with van der Waals surface area (Å²) >= 11 is 0. The van der Waals surface area contributed by atoms with E-state index >= 15 is 0 Å². The summed E-state index contributed by atoms with van der Waals surface area (Å²) in [7, 11) is 0. The van der Waals surface area contributed by atoms with Gasteiger partial charge in [0.1, 0.15) is 6.17 Å². The van der Waals surface area contributed by atoms with Gasteiger partial charge in [0.2, 0.25) is 6.79 Å². The lowest BCUT2D eigenvalue weighted by Gasteiger charge is -2.38. The molecule has 2 aliphatic rings. The fourth-order valence-corrected chi connectivity index (χ4v) is 3.97. The second-order valence-corrected chi connectivity index (χ2v) is 7.34. The fraction of sp³-hybridized carbons (Fsp3) is 0.208. The van der Waals surface area contributed by atoms with Gasteiger partial charge in [0.05, 0.1) is 12.2 Å². The number of nitrogens with zero attached hydrogens (tertiary/aromatic N) is 1. The molecule has 0 saturated carbocycles. The first-order valence-corrected chi connectivity index (χ1v) is 10.2. The lowest BCUT2D eigenvalue weighted by Crippen LogP contribution is -2.42. The molecule has 1 unspecified atom stereocenters. The number of nitrogens with one attached hydrogen (secondary N) is 1. The summed E-state index contributed by atoms with van der Waals surface area (Å²) < 4.78 is 16.4. The number of carbonyl (C=O) groups is 1. The second-order valence-electron chi connectivity index (χ2n) is 7.34. The van der Waals surface area contributed by atoms with Crippen LogP contribution < -0.4 is 19.5 Å². The minimum absolute atomic E-state index is 0.0183. The Morgan fingerprint density at radius 1 is 1.10 bits per heavy atom. The Bertz CT molecular complexity index is 1150. The summed E-state index contributed by atoms with van der Waals surface area (Å²) in [4.78, 5) is 15.2. The van der Waals surface area contributed by atoms with Crippen molar-refractivity contribution in [3.8, 4) is 23.0 Å². The highest BCUT2D eigenvalue weighted by Crippen LogP contribution is 2.41. The topological polar surface area (TPSA) is 80.3 Å². The molecule has 0 aliphatic carbocycles. The largest absolute Gasteiger partial charge is 0.504 e. The van der Waals surface area contributed by atoms with Crippen molar-refractivity contribution in [1.82, 2.24) is 4.90 Å². The van der Waals surface area contributed by atoms with Crippen LogP contribution in [0.3, 0.4) is 0 Å². The molecule has 0 saturated heterocycles. The van der Waals surface area contributed by atoms with Crippen LogP contribution in [0.25, 0.3) is 0 Å². The van der Waals surface area contributed by atoms with E-state index < -0.39 is 6.17 Å². The normalized spacial score (nSPS) is 16.6. The molecule has 0 bridgehead atoms. The number of anilines is 1. The summed E-state index contributed by atoms with van der Waals surface area (Å²) in [6, 6.07) is 18.3. The van der Waals surface area contributed by atoms with E-state index in [2.05, 4.69) is 5.32 Å². The molecule has 0 fully saturated rings. The van der Waals surface area contributed by atoms with Crippen molar-refractivity contribution >= 4 is 11.6 Å². The van der Waals surface area contributed by atoms with Crippen LogP contribution in [0.1, 0.15) is 34.6 Å². The van der Waals surface area contributed by atoms with Gasteiger partial charge in [-0.2, -0.15) is 0 Å². The third-order valence-electron chi connectivity index (χ3n) is 5.44. The maximum absolute atomic E-state index is 13.5. The molecule has 1 amide bonds. The first-order valence-electron chi connectivity index (χ1n) is 10.2. The van der Waals surface area contributed by atoms with Gasteiger partial charge in [-0.05, 0) is 42.8 Å². The van der Waals surface area contributed by atoms with Gasteiger partial charge in [-0.25, -0.2) is 0 Å². The zero-order valence-corrected chi connectivity index (χ0v) is 17.0. The number of hydrogen-bond acceptors (Lipinski definition) is 6. The number of aromatic hydroxyl groups is 1. The number of phenols is 1. The standard InChI is InChI=1S/C24H22N2O5/c1-2-29-20-9-5-7-17(22(20)27)23-25-18-8-4-3-6-16(18)24(28)26(23)13-15-10-11-19-21(12-15)31-14-30-19/h3-12,23,25,27H,2,13-14H2,1H3. The molecule has 7 heteroatoms. The number of para-hydroxylation sites is 2. The summed E-state index contributed by atoms with van der Waals surface area (Å²) in [6.45, 7) is 2.80. The van der Waals surface area contributed by atoms with Crippen LogP contribution >= 0.6 is 0 Å². The summed E-state index contributed by atoms with van der Waals surface area (Å²) in [5, 5.41) is 14.3. The number of amides is 1. The smallest absolute Gasteiger partial charge is 0.258 e. The van der Waals surface area contributed by atoms with Gasteiger partial charge in [0, 0.05) is 17.8 Å². The first kappa shape index (κ1) is 19.1. The van der Waals surface area contributed by atoms with Crippen LogP contribution in [0.2, 0.25) is 0 Å². The highest BCUT2D eigenvalue weighted by Gasteiger charge is 2.35. The van der Waals surface area contributed by atoms with E-state index in [1.165, 1.54) is 0 Å². The Hall–Kier alpha value is -3.87. The monoisotopic (exact) mass is 418 g/mol. The fourth-order valence-electron chi connectivity index (χ4n) is 3.97. The highest BCUT2D eigenvalue weighted by atomic mass is 16.7. The number of phenolic OH excluding ortho intramolecular Hbond substituents is 1. The lowest BCUT2D eigenvalue weighted by atomic mass is 10.0. The van der Waals surface area contributed by atoms with E-state index in [9.17, 15) is 9.90 Å². The van der Waals surface area contributed by atoms with Crippen molar-refractivity contribution in [2.24, 2.45) is 0 Å². The molecule has 2 N–H and O–H groups in total. The third kappa shape index (κ3) is 3.38. The number of carbonyl (C=O) groups excluding carboxylic acids is 1. The Kier molecular flexibility index (Phi) is 4.78. The zero-order chi connectivity index (χ0) is 21.4. The highest BCUT2D eigenvalue weighted by molar-refractivity contribution is 6.01. The predicted molar refractivity (Wildman–Crippen MR) is 115 cm³/mol. The van der Waals surface area contributed by atoms with E-state index in [1.807, 2.05) is 49.4 Å². The molecule has 3 aromatic rings. The summed E-state index contributed by atoms with van der Waals surface area (Å²) in [6.07, 6.45) is -0.576. The average molecular weight is 418 g/mol. The van der Waals surface area contributed by atoms with E-state index in [0.717, 1.165) is 11.3 Å². The van der Waals surface area contributed by atoms with Gasteiger partial charge in [0.15, 0.2) is 23.0 Å². The van der Waals surface area contributed by atoms with Gasteiger partial charge in [-0.1, -0.05) is 30.3 Å². The van der Waals surface area contributed by atoms with Gasteiger partial charge >= 0.3 is 0 Å². The molecule has 0 spiro atoms. The molecule has 31 heavy (non-hydrogen) atoms. The number of ether oxygens (including phenoxy) is 3. The molecule has 158 valence electrons. The van der Waals surface area contributed by atoms with E-state index in [1.54, 1.807) is 23.1 Å². The minimum Gasteiger partial charge on any atom is -0.504 e. The Balaban J connectivity index is 1.56. The zero-order valence-electron chi connectivity index (χ0n) is 17.0. The molecular formula is C24H22N2O5. The van der Waals surface area contributed by atoms with Gasteiger partial charge in [-0.15, -0.1) is 0 Å². The van der Waals surface area contributed by atoms with Crippen LogP contribution in [0.4, 0.5) is 5.69 Å². The average Bonchev–Trinajstić information content (AvgIpc) is 3.25. The van der Waals surface area contributed by atoms with Crippen molar-refractivity contribution in [3.63, 3.8) is 0 Å². The molecule has 2 aliphatic heterocycles. The van der Waals surface area contributed by atoms with Gasteiger partial charge < -0.3 is 29.5 Å². The maximum Gasteiger partial charge on any atom is 0.258 e. The number of fused-ring (bicyclic) bond motifs is 2. The molecule has 2 heterocycles. The SMILES string of the molecule is CCOc1cccc(C2Nc3ccccc3C(=O)N2Cc2ccc3c(c2)OCO3)c1O. The van der Waals surface area contributed by atoms with Crippen molar-refractivity contribution in [2.75, 3.05) is 18.7 Å². The number of benzene rings is 3. The molecule has 0 aromatic heterocycles. The summed E-state index contributed by atoms with van der Waals surface area (Å²) in [5.74, 6) is 1.63. The number of rotatable bonds is 5. The van der Waals surface area contributed by atoms with Gasteiger partial charge in [0.25, 0.3) is 5.91 Å². The second kappa shape index (κ2) is 7.75. The quantitative estimate of drug-likeness (QED) is 0.644. The third-order valence-corrected chi connectivity index (χ3v) is 5.44. The molecule has 1 atom stereocenters. The Morgan fingerprint density at radius 3 is 2.81 bits per heavy atom. The predicted octanol–water partition coefficient (Wildman–Crippen LogP) is 4.29. The van der Waals surface area contributed by atoms with Crippen molar-refractivity contribution < 1.29 is 24.1 Å². The van der Waals surface area contributed by atoms with Gasteiger partial charge in [-0.3, -0.25) is 4.79 Å². The molecular weight excluding hydrogens is 396 g/mol. The van der Waals surface area contributed by atoms with E-state index in [0.29, 0.717) is 41.5 Å².